The number of benzene rings is 5. The number of nitrogens with zero attached hydrogens (tertiary/aromatic N) is 2. The highest BCUT2D eigenvalue weighted by Crippen LogP contribution is 2.32. The average molecular weight is 781 g/mol. The molecule has 0 heterocycles. The molecule has 0 spiro atoms. The third-order valence-electron chi connectivity index (χ3n) is 9.39. The molecule has 302 valence electrons. The summed E-state index contributed by atoms with van der Waals surface area (Å²) in [6.45, 7) is 5.55. The maximum Gasteiger partial charge on any atom is 0.410 e. The molecule has 0 aliphatic heterocycles. The number of amides is 1. The number of aliphatic hydroxyl groups is 2. The van der Waals surface area contributed by atoms with Crippen molar-refractivity contribution in [2.45, 2.75) is 76.8 Å². The molecule has 5 aromatic rings. The van der Waals surface area contributed by atoms with E-state index < -0.39 is 54.1 Å². The zero-order valence-electron chi connectivity index (χ0n) is 32.9. The van der Waals surface area contributed by atoms with Crippen LogP contribution in [0.15, 0.2) is 140 Å². The minimum atomic E-state index is -1.11. The molecule has 0 aliphatic rings. The van der Waals surface area contributed by atoms with E-state index in [0.717, 1.165) is 28.3 Å². The van der Waals surface area contributed by atoms with Gasteiger partial charge in [-0.2, -0.15) is 0 Å². The van der Waals surface area contributed by atoms with Crippen molar-refractivity contribution in [3.63, 3.8) is 0 Å². The molecule has 1 amide bonds. The Morgan fingerprint density at radius 3 is 1.63 bits per heavy atom. The normalized spacial score (nSPS) is 13.8. The summed E-state index contributed by atoms with van der Waals surface area (Å²) in [6, 6.07) is 41.1. The smallest absolute Gasteiger partial charge is 0.410 e. The largest absolute Gasteiger partial charge is 0.444 e. The van der Waals surface area contributed by atoms with E-state index in [2.05, 4.69) is 4.90 Å². The molecule has 0 saturated heterocycles. The van der Waals surface area contributed by atoms with Gasteiger partial charge in [-0.3, -0.25) is 4.90 Å². The first-order valence-corrected chi connectivity index (χ1v) is 19.3. The molecule has 0 aliphatic carbocycles. The van der Waals surface area contributed by atoms with Gasteiger partial charge < -0.3 is 29.3 Å². The van der Waals surface area contributed by atoms with Crippen molar-refractivity contribution in [1.29, 1.82) is 0 Å². The Balaban J connectivity index is 1.59. The summed E-state index contributed by atoms with van der Waals surface area (Å²) < 4.78 is 48.6. The van der Waals surface area contributed by atoms with Crippen molar-refractivity contribution in [3.05, 3.63) is 179 Å². The molecule has 1 unspecified atom stereocenters. The molecule has 5 rings (SSSR count). The van der Waals surface area contributed by atoms with Gasteiger partial charge >= 0.3 is 6.09 Å². The lowest BCUT2D eigenvalue weighted by Crippen LogP contribution is -2.55. The van der Waals surface area contributed by atoms with E-state index in [0.29, 0.717) is 13.1 Å². The first-order chi connectivity index (χ1) is 27.5. The van der Waals surface area contributed by atoms with Crippen LogP contribution in [-0.2, 0) is 40.5 Å². The van der Waals surface area contributed by atoms with Crippen LogP contribution in [0.1, 0.15) is 54.5 Å². The lowest BCUT2D eigenvalue weighted by atomic mass is 9.86. The maximum atomic E-state index is 15.0. The number of carbonyl (C=O) groups is 1. The Kier molecular flexibility index (Phi) is 16.3. The maximum absolute atomic E-state index is 15.0. The number of ether oxygens (including phenoxy) is 3. The van der Waals surface area contributed by atoms with Crippen LogP contribution in [0.3, 0.4) is 0 Å². The Hall–Kier alpha value is -4.97. The molecule has 8 nitrogen and oxygen atoms in total. The zero-order chi connectivity index (χ0) is 40.6. The van der Waals surface area contributed by atoms with Crippen molar-refractivity contribution < 1.29 is 38.0 Å². The second-order valence-electron chi connectivity index (χ2n) is 15.2. The Bertz CT molecular complexity index is 1850. The van der Waals surface area contributed by atoms with Gasteiger partial charge in [0.25, 0.3) is 0 Å². The topological polar surface area (TPSA) is 91.7 Å². The van der Waals surface area contributed by atoms with Crippen molar-refractivity contribution in [1.82, 2.24) is 9.80 Å². The average Bonchev–Trinajstić information content (AvgIpc) is 3.18. The van der Waals surface area contributed by atoms with E-state index in [1.165, 1.54) is 17.0 Å². The summed E-state index contributed by atoms with van der Waals surface area (Å²) in [5.74, 6) is -2.46. The first kappa shape index (κ1) is 43.2. The molecule has 4 atom stereocenters. The molecule has 0 radical (unpaired) electrons. The van der Waals surface area contributed by atoms with Crippen LogP contribution >= 0.6 is 0 Å². The van der Waals surface area contributed by atoms with Gasteiger partial charge in [-0.25, -0.2) is 13.6 Å². The number of hydrogen-bond acceptors (Lipinski definition) is 7. The fourth-order valence-electron chi connectivity index (χ4n) is 6.85. The van der Waals surface area contributed by atoms with E-state index in [1.54, 1.807) is 20.8 Å². The van der Waals surface area contributed by atoms with E-state index in [4.69, 9.17) is 14.2 Å². The van der Waals surface area contributed by atoms with Crippen LogP contribution in [0.5, 0.6) is 0 Å². The quantitative estimate of drug-likeness (QED) is 0.0819. The monoisotopic (exact) mass is 780 g/mol. The zero-order valence-corrected chi connectivity index (χ0v) is 32.9. The van der Waals surface area contributed by atoms with Gasteiger partial charge in [0.15, 0.2) is 0 Å². The van der Waals surface area contributed by atoms with Gasteiger partial charge in [0, 0.05) is 31.1 Å². The van der Waals surface area contributed by atoms with Crippen molar-refractivity contribution in [3.8, 4) is 0 Å². The number of halogens is 2. The predicted molar refractivity (Wildman–Crippen MR) is 217 cm³/mol. The summed E-state index contributed by atoms with van der Waals surface area (Å²) in [4.78, 5) is 17.6. The molecule has 0 aromatic heterocycles. The number of aliphatic hydroxyl groups excluding tert-OH is 2. The number of hydrogen-bond donors (Lipinski definition) is 2. The van der Waals surface area contributed by atoms with Gasteiger partial charge in [-0.1, -0.05) is 121 Å². The van der Waals surface area contributed by atoms with Gasteiger partial charge in [0.05, 0.1) is 51.7 Å². The molecular weight excluding hydrogens is 727 g/mol. The first-order valence-electron chi connectivity index (χ1n) is 19.3. The van der Waals surface area contributed by atoms with Crippen LogP contribution in [0.4, 0.5) is 13.6 Å². The molecule has 0 fully saturated rings. The van der Waals surface area contributed by atoms with Crippen LogP contribution in [0.2, 0.25) is 0 Å². The summed E-state index contributed by atoms with van der Waals surface area (Å²) >= 11 is 0. The van der Waals surface area contributed by atoms with Crippen molar-refractivity contribution in [2.24, 2.45) is 0 Å². The summed E-state index contributed by atoms with van der Waals surface area (Å²) in [5, 5.41) is 22.6. The second-order valence-corrected chi connectivity index (χ2v) is 15.2. The molecule has 57 heavy (non-hydrogen) atoms. The van der Waals surface area contributed by atoms with E-state index in [-0.39, 0.29) is 38.5 Å². The minimum absolute atomic E-state index is 0.0663. The summed E-state index contributed by atoms with van der Waals surface area (Å²) in [6.07, 6.45) is -2.71. The highest BCUT2D eigenvalue weighted by atomic mass is 19.1. The summed E-state index contributed by atoms with van der Waals surface area (Å²) in [7, 11) is 0. The molecule has 0 bridgehead atoms. The number of rotatable bonds is 20. The highest BCUT2D eigenvalue weighted by Gasteiger charge is 2.39. The highest BCUT2D eigenvalue weighted by molar-refractivity contribution is 5.68. The standard InChI is InChI=1S/C47H54F2N2O6/c1-47(2,3)57-46(54)51(29-42(53)34-55-32-37-20-12-6-13-21-37)30-44(56-33-38-22-14-7-15-23-38)45(43(31-52)39-24-40(48)26-41(49)25-39)50(27-35-16-8-4-9-17-35)28-36-18-10-5-11-19-36/h4-26,42-45,52-53H,27-34H2,1-3H3/t42-,43?,44+,45+/m1/s1. The van der Waals surface area contributed by atoms with E-state index in [9.17, 15) is 15.0 Å². The molecule has 5 aromatic carbocycles. The second kappa shape index (κ2) is 21.5. The van der Waals surface area contributed by atoms with Gasteiger partial charge in [-0.15, -0.1) is 0 Å². The molecule has 2 N–H and O–H groups in total. The van der Waals surface area contributed by atoms with Crippen molar-refractivity contribution >= 4 is 6.09 Å². The lowest BCUT2D eigenvalue weighted by Gasteiger charge is -2.43. The molecule has 10 heteroatoms. The fourth-order valence-corrected chi connectivity index (χ4v) is 6.85. The van der Waals surface area contributed by atoms with E-state index >= 15 is 8.78 Å². The van der Waals surface area contributed by atoms with Gasteiger partial charge in [0.2, 0.25) is 0 Å². The summed E-state index contributed by atoms with van der Waals surface area (Å²) in [5.41, 5.74) is 3.07. The fraction of sp³-hybridized carbons (Fsp3) is 0.340. The molecular formula is C47H54F2N2O6. The van der Waals surface area contributed by atoms with Crippen molar-refractivity contribution in [2.75, 3.05) is 26.3 Å². The van der Waals surface area contributed by atoms with Crippen LogP contribution < -0.4 is 0 Å². The van der Waals surface area contributed by atoms with Crippen LogP contribution in [0.25, 0.3) is 0 Å². The van der Waals surface area contributed by atoms with E-state index in [1.807, 2.05) is 121 Å². The Morgan fingerprint density at radius 2 is 1.16 bits per heavy atom. The Labute approximate surface area is 335 Å². The SMILES string of the molecule is CC(C)(C)OC(=O)N(C[C@@H](O)COCc1ccccc1)C[C@H](OCc1ccccc1)[C@H](C(CO)c1cc(F)cc(F)c1)N(Cc1ccccc1)Cc1ccccc1. The van der Waals surface area contributed by atoms with Gasteiger partial charge in [0.1, 0.15) is 17.2 Å². The number of carbonyl (C=O) groups excluding carboxylic acids is 1. The third kappa shape index (κ3) is 14.2. The third-order valence-corrected chi connectivity index (χ3v) is 9.39. The lowest BCUT2D eigenvalue weighted by molar-refractivity contribution is -0.0693. The minimum Gasteiger partial charge on any atom is -0.444 e. The van der Waals surface area contributed by atoms with Gasteiger partial charge in [-0.05, 0) is 60.7 Å². The van der Waals surface area contributed by atoms with Crippen LogP contribution in [-0.4, -0.2) is 76.3 Å². The molecule has 0 saturated carbocycles. The van der Waals surface area contributed by atoms with Crippen LogP contribution in [0, 0.1) is 11.6 Å². The predicted octanol–water partition coefficient (Wildman–Crippen LogP) is 8.51. The Morgan fingerprint density at radius 1 is 0.684 bits per heavy atom.